The highest BCUT2D eigenvalue weighted by atomic mass is 32.2. The van der Waals surface area contributed by atoms with Crippen molar-refractivity contribution in [3.8, 4) is 0 Å². The second-order valence-electron chi connectivity index (χ2n) is 4.53. The number of hydrogen-bond acceptors (Lipinski definition) is 5. The van der Waals surface area contributed by atoms with E-state index in [1.54, 1.807) is 0 Å². The molecule has 4 atom stereocenters. The van der Waals surface area contributed by atoms with Crippen molar-refractivity contribution in [1.82, 2.24) is 0 Å². The average molecular weight is 291 g/mol. The van der Waals surface area contributed by atoms with Crippen LogP contribution < -0.4 is 0 Å². The third kappa shape index (κ3) is 1.43. The Morgan fingerprint density at radius 3 is 2.00 bits per heavy atom. The van der Waals surface area contributed by atoms with E-state index < -0.39 is 0 Å². The quantitative estimate of drug-likeness (QED) is 0.624. The van der Waals surface area contributed by atoms with Gasteiger partial charge in [-0.25, -0.2) is 0 Å². The van der Waals surface area contributed by atoms with Crippen LogP contribution in [0.3, 0.4) is 0 Å². The Labute approximate surface area is 111 Å². The minimum Gasteiger partial charge on any atom is -0.109 e. The second-order valence-corrected chi connectivity index (χ2v) is 10.6. The zero-order chi connectivity index (χ0) is 9.99. The molecule has 0 unspecified atom stereocenters. The first-order valence-corrected chi connectivity index (χ1v) is 9.08. The molecule has 3 aliphatic rings. The molecule has 2 fully saturated rings. The lowest BCUT2D eigenvalue weighted by atomic mass is 10.00. The third-order valence-corrected chi connectivity index (χ3v) is 10.4. The summed E-state index contributed by atoms with van der Waals surface area (Å²) in [5, 5.41) is 1.84. The topological polar surface area (TPSA) is 0 Å². The minimum atomic E-state index is 0.918. The lowest BCUT2D eigenvalue weighted by Crippen LogP contribution is -2.28. The summed E-state index contributed by atoms with van der Waals surface area (Å²) in [6.07, 6.45) is 4.49. The number of hydrogen-bond donors (Lipinski definition) is 0. The molecule has 0 radical (unpaired) electrons. The van der Waals surface area contributed by atoms with Crippen molar-refractivity contribution in [1.29, 1.82) is 0 Å². The van der Waals surface area contributed by atoms with Crippen LogP contribution in [0.15, 0.2) is 8.42 Å². The van der Waals surface area contributed by atoms with Gasteiger partial charge in [0.15, 0.2) is 0 Å². The maximum Gasteiger partial charge on any atom is 0.145 e. The van der Waals surface area contributed by atoms with Crippen LogP contribution in [-0.4, -0.2) is 10.5 Å². The maximum atomic E-state index is 5.30. The summed E-state index contributed by atoms with van der Waals surface area (Å²) < 4.78 is 4.18. The molecule has 2 bridgehead atoms. The summed E-state index contributed by atoms with van der Waals surface area (Å²) in [5.41, 5.74) is 0. The van der Waals surface area contributed by atoms with Crippen molar-refractivity contribution in [3.05, 3.63) is 3.14 Å². The molecule has 2 heterocycles. The zero-order valence-electron chi connectivity index (χ0n) is 7.97. The first-order chi connectivity index (χ1) is 7.31. The van der Waals surface area contributed by atoms with Gasteiger partial charge in [-0.2, -0.15) is 0 Å². The highest BCUT2D eigenvalue weighted by molar-refractivity contribution is 8.09. The van der Waals surface area contributed by atoms with Crippen molar-refractivity contribution in [2.24, 2.45) is 11.8 Å². The molecule has 15 heavy (non-hydrogen) atoms. The minimum absolute atomic E-state index is 0.918. The first-order valence-electron chi connectivity index (χ1n) is 5.28. The van der Waals surface area contributed by atoms with Crippen LogP contribution in [0.25, 0.3) is 0 Å². The molecule has 0 spiro atoms. The fraction of sp³-hybridized carbons (Fsp3) is 0.700. The van der Waals surface area contributed by atoms with Crippen LogP contribution in [0.5, 0.6) is 0 Å². The Morgan fingerprint density at radius 2 is 1.47 bits per heavy atom. The molecule has 1 aromatic rings. The summed E-state index contributed by atoms with van der Waals surface area (Å²) in [4.78, 5) is 0. The van der Waals surface area contributed by atoms with Gasteiger partial charge in [-0.05, 0) is 31.1 Å². The van der Waals surface area contributed by atoms with Crippen LogP contribution in [0.2, 0.25) is 0 Å². The molecule has 1 aromatic heterocycles. The zero-order valence-corrected chi connectivity index (χ0v) is 12.1. The van der Waals surface area contributed by atoms with Crippen LogP contribution in [-0.2, 0) is 0 Å². The third-order valence-electron chi connectivity index (χ3n) is 3.77. The molecular formula is C10H10S5. The van der Waals surface area contributed by atoms with Gasteiger partial charge in [0, 0.05) is 10.5 Å². The molecule has 0 amide bonds. The van der Waals surface area contributed by atoms with E-state index in [2.05, 4.69) is 23.5 Å². The number of thioether (sulfide) groups is 2. The van der Waals surface area contributed by atoms with Crippen molar-refractivity contribution in [3.63, 3.8) is 0 Å². The molecule has 2 aliphatic carbocycles. The lowest BCUT2D eigenvalue weighted by molar-refractivity contribution is 0.502. The van der Waals surface area contributed by atoms with Crippen molar-refractivity contribution < 1.29 is 0 Å². The maximum absolute atomic E-state index is 5.30. The standard InChI is InChI=1S/C10H10S5/c11-10-14-8-9(15-10)13-7-5-2-1-4(3-5)6(7)12-8/h4-7H,1-3H2/t4-,5-,6-,7-/m0/s1. The van der Waals surface area contributed by atoms with E-state index in [0.717, 1.165) is 25.5 Å². The molecule has 0 saturated heterocycles. The van der Waals surface area contributed by atoms with Crippen LogP contribution in [0, 0.1) is 15.0 Å². The van der Waals surface area contributed by atoms with Crippen LogP contribution in [0.1, 0.15) is 19.3 Å². The van der Waals surface area contributed by atoms with Gasteiger partial charge >= 0.3 is 0 Å². The van der Waals surface area contributed by atoms with E-state index in [9.17, 15) is 0 Å². The molecule has 5 heteroatoms. The van der Waals surface area contributed by atoms with Crippen LogP contribution >= 0.6 is 58.4 Å². The molecule has 1 aliphatic heterocycles. The highest BCUT2D eigenvalue weighted by Gasteiger charge is 2.50. The van der Waals surface area contributed by atoms with Gasteiger partial charge in [-0.15, -0.1) is 46.2 Å². The summed E-state index contributed by atoms with van der Waals surface area (Å²) in [6, 6.07) is 0. The second kappa shape index (κ2) is 3.48. The summed E-state index contributed by atoms with van der Waals surface area (Å²) in [6.45, 7) is 0. The smallest absolute Gasteiger partial charge is 0.109 e. The average Bonchev–Trinajstić information content (AvgIpc) is 2.85. The Morgan fingerprint density at radius 1 is 0.933 bits per heavy atom. The Hall–Kier alpha value is 0.970. The van der Waals surface area contributed by atoms with E-state index in [1.807, 2.05) is 22.7 Å². The van der Waals surface area contributed by atoms with Gasteiger partial charge in [0.2, 0.25) is 0 Å². The number of rotatable bonds is 0. The van der Waals surface area contributed by atoms with Gasteiger partial charge in [0.1, 0.15) is 3.14 Å². The van der Waals surface area contributed by atoms with Gasteiger partial charge in [0.25, 0.3) is 0 Å². The predicted octanol–water partition coefficient (Wildman–Crippen LogP) is 4.90. The van der Waals surface area contributed by atoms with E-state index in [0.29, 0.717) is 0 Å². The van der Waals surface area contributed by atoms with Crippen molar-refractivity contribution >= 4 is 58.4 Å². The SMILES string of the molecule is S=c1sc2c(s1)S[C@H]1[C@H]3CC[C@@H](C3)[C@@H]1S2. The van der Waals surface area contributed by atoms with Crippen LogP contribution in [0.4, 0.5) is 0 Å². The molecule has 80 valence electrons. The van der Waals surface area contributed by atoms with E-state index >= 15 is 0 Å². The Bertz CT molecular complexity index is 420. The summed E-state index contributed by atoms with van der Waals surface area (Å²) in [7, 11) is 0. The van der Waals surface area contributed by atoms with Gasteiger partial charge < -0.3 is 0 Å². The van der Waals surface area contributed by atoms with Crippen molar-refractivity contribution in [2.45, 2.75) is 38.2 Å². The monoisotopic (exact) mass is 290 g/mol. The molecular weight excluding hydrogens is 280 g/mol. The fourth-order valence-corrected chi connectivity index (χ4v) is 10.7. The van der Waals surface area contributed by atoms with E-state index in [1.165, 1.54) is 27.7 Å². The Balaban J connectivity index is 1.77. The molecule has 0 nitrogen and oxygen atoms in total. The van der Waals surface area contributed by atoms with Gasteiger partial charge in [-0.1, -0.05) is 12.2 Å². The van der Waals surface area contributed by atoms with Gasteiger partial charge in [0.05, 0.1) is 8.42 Å². The molecule has 0 N–H and O–H groups in total. The number of fused-ring (bicyclic) bond motifs is 6. The molecule has 4 rings (SSSR count). The van der Waals surface area contributed by atoms with E-state index in [-0.39, 0.29) is 0 Å². The lowest BCUT2D eigenvalue weighted by Gasteiger charge is -2.32. The largest absolute Gasteiger partial charge is 0.145 e. The normalized spacial score (nSPS) is 41.6. The first kappa shape index (κ1) is 9.95. The Kier molecular flexibility index (Phi) is 2.31. The highest BCUT2D eigenvalue weighted by Crippen LogP contribution is 2.62. The summed E-state index contributed by atoms with van der Waals surface area (Å²) >= 11 is 13.3. The summed E-state index contributed by atoms with van der Waals surface area (Å²) in [5.74, 6) is 2.04. The molecule has 0 aromatic carbocycles. The van der Waals surface area contributed by atoms with E-state index in [4.69, 9.17) is 12.2 Å². The fourth-order valence-electron chi connectivity index (χ4n) is 3.16. The van der Waals surface area contributed by atoms with Gasteiger partial charge in [-0.3, -0.25) is 0 Å². The predicted molar refractivity (Wildman–Crippen MR) is 73.2 cm³/mol. The van der Waals surface area contributed by atoms with Crippen molar-refractivity contribution in [2.75, 3.05) is 0 Å². The molecule has 2 saturated carbocycles.